The molecule has 0 saturated carbocycles. The van der Waals surface area contributed by atoms with Crippen LogP contribution in [0.15, 0.2) is 41.8 Å². The van der Waals surface area contributed by atoms with Gasteiger partial charge in [0.2, 0.25) is 0 Å². The molecule has 0 bridgehead atoms. The van der Waals surface area contributed by atoms with Gasteiger partial charge >= 0.3 is 0 Å². The SMILES string of the molecule is CCOc1ccc(-n2nnc(CO)c2Cc2cccs2)cc1. The van der Waals surface area contributed by atoms with Crippen LogP contribution in [0.1, 0.15) is 23.2 Å². The molecule has 6 heteroatoms. The fraction of sp³-hybridized carbons (Fsp3) is 0.250. The number of benzene rings is 1. The minimum Gasteiger partial charge on any atom is -0.494 e. The summed E-state index contributed by atoms with van der Waals surface area (Å²) in [5.41, 5.74) is 2.43. The van der Waals surface area contributed by atoms with Gasteiger partial charge in [0.15, 0.2) is 0 Å². The normalized spacial score (nSPS) is 10.8. The first-order valence-electron chi connectivity index (χ1n) is 7.11. The van der Waals surface area contributed by atoms with Gasteiger partial charge in [-0.25, -0.2) is 4.68 Å². The average molecular weight is 315 g/mol. The highest BCUT2D eigenvalue weighted by molar-refractivity contribution is 7.09. The summed E-state index contributed by atoms with van der Waals surface area (Å²) in [7, 11) is 0. The quantitative estimate of drug-likeness (QED) is 0.760. The molecule has 0 spiro atoms. The predicted octanol–water partition coefficient (Wildman–Crippen LogP) is 2.81. The molecule has 5 nitrogen and oxygen atoms in total. The van der Waals surface area contributed by atoms with Gasteiger partial charge in [-0.3, -0.25) is 0 Å². The van der Waals surface area contributed by atoms with Crippen LogP contribution < -0.4 is 4.74 Å². The Labute approximate surface area is 132 Å². The van der Waals surface area contributed by atoms with E-state index in [9.17, 15) is 5.11 Å². The number of hydrogen-bond acceptors (Lipinski definition) is 5. The molecule has 1 N–H and O–H groups in total. The zero-order chi connectivity index (χ0) is 15.4. The number of ether oxygens (including phenoxy) is 1. The maximum Gasteiger partial charge on any atom is 0.119 e. The molecule has 22 heavy (non-hydrogen) atoms. The third-order valence-corrected chi connectivity index (χ3v) is 4.18. The molecule has 0 atom stereocenters. The number of aromatic nitrogens is 3. The molecule has 0 aliphatic heterocycles. The fourth-order valence-electron chi connectivity index (χ4n) is 2.27. The average Bonchev–Trinajstić information content (AvgIpc) is 3.19. The molecule has 0 amide bonds. The molecule has 114 valence electrons. The summed E-state index contributed by atoms with van der Waals surface area (Å²) in [6.07, 6.45) is 0.702. The van der Waals surface area contributed by atoms with Gasteiger partial charge in [-0.1, -0.05) is 11.3 Å². The molecule has 0 unspecified atom stereocenters. The lowest BCUT2D eigenvalue weighted by atomic mass is 10.2. The van der Waals surface area contributed by atoms with Gasteiger partial charge in [-0.2, -0.15) is 0 Å². The van der Waals surface area contributed by atoms with Crippen molar-refractivity contribution in [3.63, 3.8) is 0 Å². The molecule has 0 aliphatic rings. The molecule has 3 rings (SSSR count). The van der Waals surface area contributed by atoms with Crippen molar-refractivity contribution in [2.75, 3.05) is 6.61 Å². The van der Waals surface area contributed by atoms with Crippen molar-refractivity contribution in [2.45, 2.75) is 20.0 Å². The number of aliphatic hydroxyl groups excluding tert-OH is 1. The highest BCUT2D eigenvalue weighted by atomic mass is 32.1. The van der Waals surface area contributed by atoms with E-state index in [1.54, 1.807) is 16.0 Å². The first-order valence-corrected chi connectivity index (χ1v) is 7.99. The Kier molecular flexibility index (Phi) is 4.50. The Morgan fingerprint density at radius 3 is 2.68 bits per heavy atom. The Hall–Kier alpha value is -2.18. The Morgan fingerprint density at radius 2 is 2.05 bits per heavy atom. The highest BCUT2D eigenvalue weighted by Crippen LogP contribution is 2.21. The second-order valence-corrected chi connectivity index (χ2v) is 5.77. The van der Waals surface area contributed by atoms with Crippen molar-refractivity contribution >= 4 is 11.3 Å². The van der Waals surface area contributed by atoms with Crippen LogP contribution in [0.5, 0.6) is 5.75 Å². The van der Waals surface area contributed by atoms with E-state index < -0.39 is 0 Å². The van der Waals surface area contributed by atoms with E-state index >= 15 is 0 Å². The zero-order valence-electron chi connectivity index (χ0n) is 12.3. The van der Waals surface area contributed by atoms with E-state index in [1.807, 2.05) is 42.6 Å². The predicted molar refractivity (Wildman–Crippen MR) is 85.6 cm³/mol. The lowest BCUT2D eigenvalue weighted by molar-refractivity contribution is 0.275. The Bertz CT molecular complexity index is 720. The van der Waals surface area contributed by atoms with Gasteiger partial charge in [0.05, 0.1) is 24.6 Å². The summed E-state index contributed by atoms with van der Waals surface area (Å²) in [6.45, 7) is 2.48. The number of rotatable bonds is 6. The minimum absolute atomic E-state index is 0.113. The third kappa shape index (κ3) is 3.03. The molecule has 2 aromatic heterocycles. The topological polar surface area (TPSA) is 60.2 Å². The summed E-state index contributed by atoms with van der Waals surface area (Å²) >= 11 is 1.68. The summed E-state index contributed by atoms with van der Waals surface area (Å²) in [5.74, 6) is 0.827. The summed E-state index contributed by atoms with van der Waals surface area (Å²) in [5, 5.41) is 19.8. The Balaban J connectivity index is 1.94. The van der Waals surface area contributed by atoms with E-state index in [1.165, 1.54) is 4.88 Å². The van der Waals surface area contributed by atoms with Gasteiger partial charge < -0.3 is 9.84 Å². The fourth-order valence-corrected chi connectivity index (χ4v) is 2.98. The van der Waals surface area contributed by atoms with Crippen LogP contribution in [0.25, 0.3) is 5.69 Å². The molecule has 1 aromatic carbocycles. The molecular formula is C16H17N3O2S. The van der Waals surface area contributed by atoms with Gasteiger partial charge in [0.25, 0.3) is 0 Å². The number of nitrogens with zero attached hydrogens (tertiary/aromatic N) is 3. The van der Waals surface area contributed by atoms with Crippen LogP contribution >= 0.6 is 11.3 Å². The lowest BCUT2D eigenvalue weighted by Crippen LogP contribution is -2.04. The molecule has 0 saturated heterocycles. The van der Waals surface area contributed by atoms with Crippen molar-refractivity contribution in [2.24, 2.45) is 0 Å². The highest BCUT2D eigenvalue weighted by Gasteiger charge is 2.14. The van der Waals surface area contributed by atoms with E-state index in [0.717, 1.165) is 17.1 Å². The molecular weight excluding hydrogens is 298 g/mol. The van der Waals surface area contributed by atoms with Crippen molar-refractivity contribution in [3.8, 4) is 11.4 Å². The van der Waals surface area contributed by atoms with Crippen molar-refractivity contribution in [3.05, 3.63) is 58.0 Å². The maximum atomic E-state index is 9.49. The van der Waals surface area contributed by atoms with Gasteiger partial charge in [0.1, 0.15) is 11.4 Å². The van der Waals surface area contributed by atoms with E-state index in [4.69, 9.17) is 4.74 Å². The van der Waals surface area contributed by atoms with E-state index in [0.29, 0.717) is 18.7 Å². The summed E-state index contributed by atoms with van der Waals surface area (Å²) in [4.78, 5) is 1.21. The second-order valence-electron chi connectivity index (χ2n) is 4.74. The molecule has 0 aliphatic carbocycles. The van der Waals surface area contributed by atoms with Crippen LogP contribution in [-0.4, -0.2) is 26.7 Å². The van der Waals surface area contributed by atoms with Crippen LogP contribution in [0, 0.1) is 0 Å². The van der Waals surface area contributed by atoms with Crippen LogP contribution in [-0.2, 0) is 13.0 Å². The molecule has 0 fully saturated rings. The van der Waals surface area contributed by atoms with Gasteiger partial charge in [-0.15, -0.1) is 16.4 Å². The van der Waals surface area contributed by atoms with Crippen LogP contribution in [0.4, 0.5) is 0 Å². The van der Waals surface area contributed by atoms with E-state index in [-0.39, 0.29) is 6.61 Å². The van der Waals surface area contributed by atoms with Gasteiger partial charge in [0, 0.05) is 11.3 Å². The Morgan fingerprint density at radius 1 is 1.23 bits per heavy atom. The summed E-state index contributed by atoms with van der Waals surface area (Å²) in [6, 6.07) is 11.8. The minimum atomic E-state index is -0.113. The van der Waals surface area contributed by atoms with Crippen LogP contribution in [0.2, 0.25) is 0 Å². The number of aliphatic hydroxyl groups is 1. The largest absolute Gasteiger partial charge is 0.494 e. The zero-order valence-corrected chi connectivity index (χ0v) is 13.1. The third-order valence-electron chi connectivity index (χ3n) is 3.31. The van der Waals surface area contributed by atoms with Gasteiger partial charge in [-0.05, 0) is 42.6 Å². The monoisotopic (exact) mass is 315 g/mol. The summed E-state index contributed by atoms with van der Waals surface area (Å²) < 4.78 is 7.23. The van der Waals surface area contributed by atoms with Crippen molar-refractivity contribution < 1.29 is 9.84 Å². The van der Waals surface area contributed by atoms with E-state index in [2.05, 4.69) is 16.4 Å². The number of hydrogen-bond donors (Lipinski definition) is 1. The smallest absolute Gasteiger partial charge is 0.119 e. The van der Waals surface area contributed by atoms with Crippen LogP contribution in [0.3, 0.4) is 0 Å². The van der Waals surface area contributed by atoms with Crippen molar-refractivity contribution in [1.29, 1.82) is 0 Å². The first kappa shape index (κ1) is 14.7. The maximum absolute atomic E-state index is 9.49. The number of thiophene rings is 1. The standard InChI is InChI=1S/C16H17N3O2S/c1-2-21-13-7-5-12(6-8-13)19-16(15(11-20)17-18-19)10-14-4-3-9-22-14/h3-9,20H,2,10-11H2,1H3. The first-order chi connectivity index (χ1) is 10.8. The molecule has 3 aromatic rings. The lowest BCUT2D eigenvalue weighted by Gasteiger charge is -2.08. The second kappa shape index (κ2) is 6.72. The molecule has 2 heterocycles. The van der Waals surface area contributed by atoms with Crippen molar-refractivity contribution in [1.82, 2.24) is 15.0 Å². The molecule has 0 radical (unpaired) electrons.